The van der Waals surface area contributed by atoms with Crippen LogP contribution in [0.1, 0.15) is 47.8 Å². The van der Waals surface area contributed by atoms with Crippen molar-refractivity contribution in [1.29, 1.82) is 0 Å². The third kappa shape index (κ3) is 1.76. The van der Waals surface area contributed by atoms with E-state index in [2.05, 4.69) is 0 Å². The Kier molecular flexibility index (Phi) is 3.02. The molecule has 0 amide bonds. The number of carbonyl (C=O) groups is 3. The van der Waals surface area contributed by atoms with Gasteiger partial charge in [-0.2, -0.15) is 0 Å². The fourth-order valence-electron chi connectivity index (χ4n) is 2.87. The van der Waals surface area contributed by atoms with E-state index in [0.717, 1.165) is 12.1 Å². The average molecular weight is 330 g/mol. The van der Waals surface area contributed by atoms with Gasteiger partial charge in [0.15, 0.2) is 23.1 Å². The lowest BCUT2D eigenvalue weighted by molar-refractivity contribution is 0.0692. The Morgan fingerprint density at radius 3 is 1.96 bits per heavy atom. The molecule has 0 radical (unpaired) electrons. The molecule has 0 fully saturated rings. The maximum Gasteiger partial charge on any atom is 0.339 e. The Morgan fingerprint density at radius 1 is 0.833 bits per heavy atom. The van der Waals surface area contributed by atoms with Crippen molar-refractivity contribution in [2.24, 2.45) is 0 Å². The van der Waals surface area contributed by atoms with E-state index in [1.807, 2.05) is 0 Å². The van der Waals surface area contributed by atoms with Crippen LogP contribution in [0, 0.1) is 6.92 Å². The second-order valence-corrected chi connectivity index (χ2v) is 5.30. The summed E-state index contributed by atoms with van der Waals surface area (Å²) in [6.07, 6.45) is 0. The molecule has 0 saturated heterocycles. The first-order chi connectivity index (χ1) is 11.2. The van der Waals surface area contributed by atoms with E-state index >= 15 is 0 Å². The first-order valence-corrected chi connectivity index (χ1v) is 6.64. The fourth-order valence-corrected chi connectivity index (χ4v) is 2.87. The summed E-state index contributed by atoms with van der Waals surface area (Å²) in [6.45, 7) is 1.25. The van der Waals surface area contributed by atoms with Gasteiger partial charge in [0, 0.05) is 16.7 Å². The molecule has 0 saturated carbocycles. The van der Waals surface area contributed by atoms with Crippen molar-refractivity contribution in [1.82, 2.24) is 0 Å². The van der Waals surface area contributed by atoms with Gasteiger partial charge in [0.2, 0.25) is 5.75 Å². The van der Waals surface area contributed by atoms with Crippen LogP contribution in [-0.4, -0.2) is 43.1 Å². The quantitative estimate of drug-likeness (QED) is 0.418. The smallest absolute Gasteiger partial charge is 0.339 e. The van der Waals surface area contributed by atoms with Gasteiger partial charge in [-0.25, -0.2) is 4.79 Å². The molecular formula is C16H10O8. The number of carbonyl (C=O) groups excluding carboxylic acids is 2. The summed E-state index contributed by atoms with van der Waals surface area (Å²) < 4.78 is 0. The predicted octanol–water partition coefficient (Wildman–Crippen LogP) is 1.29. The fraction of sp³-hybridized carbons (Fsp3) is 0.0625. The zero-order valence-electron chi connectivity index (χ0n) is 12.1. The molecule has 0 heterocycles. The Bertz CT molecular complexity index is 971. The second kappa shape index (κ2) is 4.72. The highest BCUT2D eigenvalue weighted by Gasteiger charge is 2.37. The summed E-state index contributed by atoms with van der Waals surface area (Å²) in [5.74, 6) is -6.61. The summed E-state index contributed by atoms with van der Waals surface area (Å²) in [4.78, 5) is 36.5. The minimum atomic E-state index is -1.49. The van der Waals surface area contributed by atoms with Crippen LogP contribution in [0.2, 0.25) is 0 Å². The lowest BCUT2D eigenvalue weighted by atomic mass is 9.79. The van der Waals surface area contributed by atoms with Crippen molar-refractivity contribution >= 4 is 17.5 Å². The van der Waals surface area contributed by atoms with E-state index in [-0.39, 0.29) is 22.3 Å². The van der Waals surface area contributed by atoms with Crippen molar-refractivity contribution in [3.63, 3.8) is 0 Å². The number of hydrogen-bond donors (Lipinski definition) is 5. The van der Waals surface area contributed by atoms with Crippen LogP contribution in [0.5, 0.6) is 23.0 Å². The number of carboxylic acids is 1. The largest absolute Gasteiger partial charge is 0.507 e. The molecular weight excluding hydrogens is 320 g/mol. The maximum atomic E-state index is 12.7. The molecule has 0 aliphatic heterocycles. The minimum absolute atomic E-state index is 0.145. The van der Waals surface area contributed by atoms with Crippen LogP contribution < -0.4 is 0 Å². The molecule has 24 heavy (non-hydrogen) atoms. The van der Waals surface area contributed by atoms with Crippen LogP contribution in [0.3, 0.4) is 0 Å². The van der Waals surface area contributed by atoms with Gasteiger partial charge in [-0.05, 0) is 24.6 Å². The summed E-state index contributed by atoms with van der Waals surface area (Å²) in [7, 11) is 0. The van der Waals surface area contributed by atoms with Gasteiger partial charge in [-0.1, -0.05) is 0 Å². The Hall–Kier alpha value is -3.55. The molecule has 122 valence electrons. The molecule has 2 aromatic carbocycles. The number of phenolic OH excluding ortho intramolecular Hbond substituents is 3. The normalized spacial score (nSPS) is 12.7. The number of aromatic carboxylic acids is 1. The van der Waals surface area contributed by atoms with Crippen molar-refractivity contribution in [2.45, 2.75) is 6.92 Å². The average Bonchev–Trinajstić information content (AvgIpc) is 2.49. The number of phenols is 4. The molecule has 0 bridgehead atoms. The van der Waals surface area contributed by atoms with Crippen molar-refractivity contribution in [2.75, 3.05) is 0 Å². The molecule has 0 aromatic heterocycles. The van der Waals surface area contributed by atoms with Crippen molar-refractivity contribution in [3.8, 4) is 23.0 Å². The number of benzene rings is 2. The predicted molar refractivity (Wildman–Crippen MR) is 78.1 cm³/mol. The van der Waals surface area contributed by atoms with Crippen LogP contribution >= 0.6 is 0 Å². The van der Waals surface area contributed by atoms with Gasteiger partial charge in [0.05, 0.1) is 5.56 Å². The second-order valence-electron chi connectivity index (χ2n) is 5.30. The monoisotopic (exact) mass is 330 g/mol. The van der Waals surface area contributed by atoms with Crippen LogP contribution in [0.25, 0.3) is 0 Å². The first-order valence-electron chi connectivity index (χ1n) is 6.64. The Balaban J connectivity index is 2.43. The van der Waals surface area contributed by atoms with Crippen LogP contribution in [0.4, 0.5) is 0 Å². The van der Waals surface area contributed by atoms with Gasteiger partial charge in [-0.15, -0.1) is 0 Å². The van der Waals surface area contributed by atoms with E-state index in [9.17, 15) is 34.8 Å². The molecule has 1 aliphatic carbocycles. The highest BCUT2D eigenvalue weighted by atomic mass is 16.4. The Morgan fingerprint density at radius 2 is 1.38 bits per heavy atom. The number of ketones is 2. The highest BCUT2D eigenvalue weighted by Crippen LogP contribution is 2.45. The highest BCUT2D eigenvalue weighted by molar-refractivity contribution is 6.30. The van der Waals surface area contributed by atoms with Crippen molar-refractivity contribution < 1.29 is 39.9 Å². The lowest BCUT2D eigenvalue weighted by Gasteiger charge is -2.22. The Labute approximate surface area is 133 Å². The minimum Gasteiger partial charge on any atom is -0.507 e. The number of aromatic hydroxyl groups is 4. The van der Waals surface area contributed by atoms with E-state index in [0.29, 0.717) is 0 Å². The lowest BCUT2D eigenvalue weighted by Crippen LogP contribution is -2.23. The number of carboxylic acid groups (broad SMARTS) is 1. The van der Waals surface area contributed by atoms with Gasteiger partial charge < -0.3 is 25.5 Å². The number of fused-ring (bicyclic) bond motifs is 2. The number of hydrogen-bond acceptors (Lipinski definition) is 7. The summed E-state index contributed by atoms with van der Waals surface area (Å²) in [6, 6.07) is 1.68. The van der Waals surface area contributed by atoms with E-state index in [1.54, 1.807) is 0 Å². The van der Waals surface area contributed by atoms with Gasteiger partial charge in [0.1, 0.15) is 11.3 Å². The molecule has 8 nitrogen and oxygen atoms in total. The van der Waals surface area contributed by atoms with E-state index < -0.39 is 51.7 Å². The molecule has 0 spiro atoms. The molecule has 0 atom stereocenters. The zero-order valence-corrected chi connectivity index (χ0v) is 12.1. The summed E-state index contributed by atoms with van der Waals surface area (Å²) >= 11 is 0. The third-order valence-corrected chi connectivity index (χ3v) is 3.97. The maximum absolute atomic E-state index is 12.7. The van der Waals surface area contributed by atoms with Crippen LogP contribution in [0.15, 0.2) is 12.1 Å². The molecule has 8 heteroatoms. The van der Waals surface area contributed by atoms with E-state index in [4.69, 9.17) is 5.11 Å². The van der Waals surface area contributed by atoms with E-state index in [1.165, 1.54) is 6.92 Å². The molecule has 3 rings (SSSR count). The van der Waals surface area contributed by atoms with Crippen molar-refractivity contribution in [3.05, 3.63) is 45.5 Å². The van der Waals surface area contributed by atoms with Gasteiger partial charge in [0.25, 0.3) is 0 Å². The summed E-state index contributed by atoms with van der Waals surface area (Å²) in [5, 5.41) is 48.0. The zero-order chi connectivity index (χ0) is 17.9. The molecule has 2 aromatic rings. The SMILES string of the molecule is Cc1c(C(=O)O)c(O)cc2c1C(=O)c1c(cc(O)c(O)c1O)C2=O. The van der Waals surface area contributed by atoms with Crippen LogP contribution in [-0.2, 0) is 0 Å². The number of rotatable bonds is 1. The topological polar surface area (TPSA) is 152 Å². The van der Waals surface area contributed by atoms with Gasteiger partial charge in [-0.3, -0.25) is 9.59 Å². The summed E-state index contributed by atoms with van der Waals surface area (Å²) in [5.41, 5.74) is -2.12. The third-order valence-electron chi connectivity index (χ3n) is 3.97. The first kappa shape index (κ1) is 15.3. The van der Waals surface area contributed by atoms with Gasteiger partial charge >= 0.3 is 5.97 Å². The molecule has 5 N–H and O–H groups in total. The molecule has 0 unspecified atom stereocenters. The molecule has 1 aliphatic rings. The standard InChI is InChI=1S/C16H10O8/c1-4-9-5(2-7(17)10(4)16(23)24)12(19)6-3-8(18)13(20)15(22)11(6)14(9)21/h2-3,17-18,20,22H,1H3,(H,23,24).